The second kappa shape index (κ2) is 7.15. The molecule has 0 unspecified atom stereocenters. The van der Waals surface area contributed by atoms with Gasteiger partial charge in [0.05, 0.1) is 5.56 Å². The van der Waals surface area contributed by atoms with Crippen molar-refractivity contribution in [3.05, 3.63) is 63.4 Å². The van der Waals surface area contributed by atoms with Crippen molar-refractivity contribution in [2.45, 2.75) is 0 Å². The minimum atomic E-state index is -0.101. The third kappa shape index (κ3) is 3.49. The van der Waals surface area contributed by atoms with Crippen LogP contribution in [0, 0.1) is 4.64 Å². The van der Waals surface area contributed by atoms with E-state index in [1.807, 2.05) is 0 Å². The number of carbonyl (C=O) groups is 2. The van der Waals surface area contributed by atoms with Crippen LogP contribution >= 0.6 is 23.8 Å². The topological polar surface area (TPSA) is 56.4 Å². The number of nitrogens with zero attached hydrogens (tertiary/aromatic N) is 2. The SMILES string of the molecule is O=C(c1ccc(Cl)cc1)N1CCN(C(=O)c2ccc[nH]c2=S)CC1. The third-order valence-electron chi connectivity index (χ3n) is 3.99. The lowest BCUT2D eigenvalue weighted by atomic mass is 10.1. The molecular weight excluding hydrogens is 346 g/mol. The van der Waals surface area contributed by atoms with Crippen LogP contribution in [0.5, 0.6) is 0 Å². The van der Waals surface area contributed by atoms with Crippen LogP contribution in [0.15, 0.2) is 42.6 Å². The highest BCUT2D eigenvalue weighted by Gasteiger charge is 2.25. The lowest BCUT2D eigenvalue weighted by Gasteiger charge is -2.34. The highest BCUT2D eigenvalue weighted by molar-refractivity contribution is 7.71. The van der Waals surface area contributed by atoms with E-state index in [0.29, 0.717) is 47.0 Å². The number of rotatable bonds is 2. The van der Waals surface area contributed by atoms with Gasteiger partial charge in [-0.1, -0.05) is 23.8 Å². The van der Waals surface area contributed by atoms with Crippen molar-refractivity contribution in [3.8, 4) is 0 Å². The van der Waals surface area contributed by atoms with E-state index in [1.54, 1.807) is 52.4 Å². The fourth-order valence-corrected chi connectivity index (χ4v) is 3.00. The van der Waals surface area contributed by atoms with E-state index < -0.39 is 0 Å². The quantitative estimate of drug-likeness (QED) is 0.836. The van der Waals surface area contributed by atoms with Crippen LogP contribution in [0.1, 0.15) is 20.7 Å². The summed E-state index contributed by atoms with van der Waals surface area (Å²) in [5, 5.41) is 0.598. The molecule has 1 aromatic heterocycles. The molecule has 1 aliphatic heterocycles. The van der Waals surface area contributed by atoms with Crippen LogP contribution in [-0.2, 0) is 0 Å². The van der Waals surface area contributed by atoms with Crippen molar-refractivity contribution < 1.29 is 9.59 Å². The number of pyridine rings is 1. The summed E-state index contributed by atoms with van der Waals surface area (Å²) in [5.41, 5.74) is 1.09. The number of carbonyl (C=O) groups excluding carboxylic acids is 2. The van der Waals surface area contributed by atoms with Gasteiger partial charge in [0.2, 0.25) is 0 Å². The molecule has 0 atom stereocenters. The highest BCUT2D eigenvalue weighted by Crippen LogP contribution is 2.14. The molecular formula is C17H16ClN3O2S. The van der Waals surface area contributed by atoms with Crippen LogP contribution in [0.2, 0.25) is 5.02 Å². The van der Waals surface area contributed by atoms with Crippen LogP contribution < -0.4 is 0 Å². The molecule has 5 nitrogen and oxygen atoms in total. The van der Waals surface area contributed by atoms with Gasteiger partial charge in [-0.05, 0) is 36.4 Å². The van der Waals surface area contributed by atoms with Crippen molar-refractivity contribution in [2.75, 3.05) is 26.2 Å². The molecule has 3 rings (SSSR count). The first kappa shape index (κ1) is 16.7. The molecule has 0 saturated carbocycles. The van der Waals surface area contributed by atoms with Gasteiger partial charge in [0.25, 0.3) is 11.8 Å². The number of halogens is 1. The van der Waals surface area contributed by atoms with E-state index in [1.165, 1.54) is 0 Å². The van der Waals surface area contributed by atoms with E-state index in [9.17, 15) is 9.59 Å². The minimum absolute atomic E-state index is 0.0456. The van der Waals surface area contributed by atoms with E-state index in [2.05, 4.69) is 4.98 Å². The van der Waals surface area contributed by atoms with E-state index in [4.69, 9.17) is 23.8 Å². The van der Waals surface area contributed by atoms with Gasteiger partial charge in [-0.15, -0.1) is 0 Å². The van der Waals surface area contributed by atoms with Gasteiger partial charge in [-0.25, -0.2) is 0 Å². The van der Waals surface area contributed by atoms with Crippen LogP contribution in [0.3, 0.4) is 0 Å². The van der Waals surface area contributed by atoms with Gasteiger partial charge in [0.1, 0.15) is 4.64 Å². The Morgan fingerprint density at radius 2 is 1.54 bits per heavy atom. The number of hydrogen-bond acceptors (Lipinski definition) is 3. The Morgan fingerprint density at radius 3 is 2.12 bits per heavy atom. The average molecular weight is 362 g/mol. The zero-order valence-corrected chi connectivity index (χ0v) is 14.4. The maximum absolute atomic E-state index is 12.5. The van der Waals surface area contributed by atoms with Gasteiger partial charge < -0.3 is 14.8 Å². The number of H-pyrrole nitrogens is 1. The first-order valence-corrected chi connectivity index (χ1v) is 8.37. The average Bonchev–Trinajstić information content (AvgIpc) is 2.62. The summed E-state index contributed by atoms with van der Waals surface area (Å²) in [6.07, 6.45) is 1.70. The van der Waals surface area contributed by atoms with Crippen molar-refractivity contribution in [1.29, 1.82) is 0 Å². The minimum Gasteiger partial charge on any atom is -0.352 e. The smallest absolute Gasteiger partial charge is 0.256 e. The van der Waals surface area contributed by atoms with Gasteiger partial charge in [-0.3, -0.25) is 9.59 Å². The zero-order valence-electron chi connectivity index (χ0n) is 12.9. The molecule has 0 spiro atoms. The molecule has 2 amide bonds. The fraction of sp³-hybridized carbons (Fsp3) is 0.235. The largest absolute Gasteiger partial charge is 0.352 e. The van der Waals surface area contributed by atoms with E-state index >= 15 is 0 Å². The number of benzene rings is 1. The zero-order chi connectivity index (χ0) is 17.1. The number of nitrogens with one attached hydrogen (secondary N) is 1. The summed E-state index contributed by atoms with van der Waals surface area (Å²) in [6, 6.07) is 10.3. The van der Waals surface area contributed by atoms with Crippen LogP contribution in [0.25, 0.3) is 0 Å². The Morgan fingerprint density at radius 1 is 0.958 bits per heavy atom. The Bertz CT molecular complexity index is 811. The summed E-state index contributed by atoms with van der Waals surface area (Å²) in [7, 11) is 0. The first-order chi connectivity index (χ1) is 11.6. The normalized spacial score (nSPS) is 14.5. The summed E-state index contributed by atoms with van der Waals surface area (Å²) in [5.74, 6) is -0.147. The van der Waals surface area contributed by atoms with Gasteiger partial charge in [0.15, 0.2) is 0 Å². The standard InChI is InChI=1S/C17H16ClN3O2S/c18-13-5-3-12(4-6-13)16(22)20-8-10-21(11-9-20)17(23)14-2-1-7-19-15(14)24/h1-7H,8-11H2,(H,19,24). The molecule has 0 radical (unpaired) electrons. The number of aromatic nitrogens is 1. The summed E-state index contributed by atoms with van der Waals surface area (Å²) in [6.45, 7) is 1.97. The molecule has 1 aliphatic rings. The predicted octanol–water partition coefficient (Wildman–Crippen LogP) is 3.00. The second-order valence-electron chi connectivity index (χ2n) is 5.50. The number of piperazine rings is 1. The summed E-state index contributed by atoms with van der Waals surface area (Å²) >= 11 is 11.0. The van der Waals surface area contributed by atoms with E-state index in [0.717, 1.165) is 0 Å². The van der Waals surface area contributed by atoms with Crippen molar-refractivity contribution in [2.24, 2.45) is 0 Å². The third-order valence-corrected chi connectivity index (χ3v) is 4.58. The van der Waals surface area contributed by atoms with E-state index in [-0.39, 0.29) is 11.8 Å². The van der Waals surface area contributed by atoms with Gasteiger partial charge >= 0.3 is 0 Å². The lowest BCUT2D eigenvalue weighted by molar-refractivity contribution is 0.0535. The highest BCUT2D eigenvalue weighted by atomic mass is 35.5. The monoisotopic (exact) mass is 361 g/mol. The summed E-state index contributed by atoms with van der Waals surface area (Å²) < 4.78 is 0.433. The molecule has 0 bridgehead atoms. The molecule has 2 aromatic rings. The lowest BCUT2D eigenvalue weighted by Crippen LogP contribution is -2.50. The Balaban J connectivity index is 1.64. The van der Waals surface area contributed by atoms with Crippen molar-refractivity contribution in [1.82, 2.24) is 14.8 Å². The van der Waals surface area contributed by atoms with Crippen LogP contribution in [-0.4, -0.2) is 52.8 Å². The maximum atomic E-state index is 12.5. The molecule has 124 valence electrons. The van der Waals surface area contributed by atoms with Crippen LogP contribution in [0.4, 0.5) is 0 Å². The molecule has 2 heterocycles. The maximum Gasteiger partial charge on any atom is 0.256 e. The molecule has 24 heavy (non-hydrogen) atoms. The predicted molar refractivity (Wildman–Crippen MR) is 94.9 cm³/mol. The molecule has 1 fully saturated rings. The van der Waals surface area contributed by atoms with Gasteiger partial charge in [-0.2, -0.15) is 0 Å². The molecule has 1 aromatic carbocycles. The Hall–Kier alpha value is -2.18. The van der Waals surface area contributed by atoms with Crippen molar-refractivity contribution >= 4 is 35.6 Å². The number of aromatic amines is 1. The Kier molecular flexibility index (Phi) is 4.97. The summed E-state index contributed by atoms with van der Waals surface area (Å²) in [4.78, 5) is 31.3. The number of hydrogen-bond donors (Lipinski definition) is 1. The second-order valence-corrected chi connectivity index (χ2v) is 6.35. The molecule has 1 N–H and O–H groups in total. The number of amides is 2. The fourth-order valence-electron chi connectivity index (χ4n) is 2.65. The van der Waals surface area contributed by atoms with Gasteiger partial charge in [0, 0.05) is 43.0 Å². The molecule has 1 saturated heterocycles. The molecule has 0 aliphatic carbocycles. The first-order valence-electron chi connectivity index (χ1n) is 7.58. The Labute approximate surface area is 149 Å². The van der Waals surface area contributed by atoms with Crippen molar-refractivity contribution in [3.63, 3.8) is 0 Å². The molecule has 7 heteroatoms.